The molecule has 6 nitrogen and oxygen atoms in total. The second kappa shape index (κ2) is 9.19. The largest absolute Gasteiger partial charge is 0.381 e. The second-order valence-electron chi connectivity index (χ2n) is 4.40. The average molecular weight is 390 g/mol. The van der Waals surface area contributed by atoms with Gasteiger partial charge in [0.15, 0.2) is 5.65 Å². The van der Waals surface area contributed by atoms with E-state index in [2.05, 4.69) is 42.5 Å². The van der Waals surface area contributed by atoms with Crippen LogP contribution in [0.25, 0.3) is 11.2 Å². The van der Waals surface area contributed by atoms with Gasteiger partial charge < -0.3 is 14.5 Å². The fraction of sp³-hybridized carbons (Fsp3) is 0.615. The molecule has 0 atom stereocenters. The van der Waals surface area contributed by atoms with Crippen LogP contribution in [0.3, 0.4) is 0 Å². The van der Waals surface area contributed by atoms with Gasteiger partial charge in [-0.15, -0.1) is 0 Å². The van der Waals surface area contributed by atoms with Crippen LogP contribution in [0.5, 0.6) is 0 Å². The standard InChI is InChI=1S/C5H3IN4.2C4H8O/c6-4-3-5(9-1-7-3)10-2-8-4;2*1-2-4-5-3-1/h1-2H,(H,7,8,9,10);2*1-4H2. The lowest BCUT2D eigenvalue weighted by molar-refractivity contribution is 0.198. The highest BCUT2D eigenvalue weighted by Gasteiger charge is 1.99. The molecule has 7 heteroatoms. The van der Waals surface area contributed by atoms with Crippen molar-refractivity contribution in [3.05, 3.63) is 16.4 Å². The predicted octanol–water partition coefficient (Wildman–Crippen LogP) is 2.55. The zero-order chi connectivity index (χ0) is 14.0. The Hall–Kier alpha value is -0.800. The summed E-state index contributed by atoms with van der Waals surface area (Å²) in [6.07, 6.45) is 8.23. The van der Waals surface area contributed by atoms with Crippen molar-refractivity contribution in [2.24, 2.45) is 0 Å². The van der Waals surface area contributed by atoms with Gasteiger partial charge in [0.25, 0.3) is 0 Å². The number of H-pyrrole nitrogens is 1. The van der Waals surface area contributed by atoms with Crippen LogP contribution in [0.1, 0.15) is 25.7 Å². The van der Waals surface area contributed by atoms with E-state index >= 15 is 0 Å². The molecule has 2 saturated heterocycles. The molecule has 0 bridgehead atoms. The van der Waals surface area contributed by atoms with Crippen molar-refractivity contribution in [2.45, 2.75) is 25.7 Å². The number of ether oxygens (including phenoxy) is 2. The minimum Gasteiger partial charge on any atom is -0.381 e. The minimum atomic E-state index is 0.722. The van der Waals surface area contributed by atoms with E-state index in [1.165, 1.54) is 32.0 Å². The van der Waals surface area contributed by atoms with E-state index in [1.54, 1.807) is 6.33 Å². The number of halogens is 1. The van der Waals surface area contributed by atoms with Gasteiger partial charge in [0, 0.05) is 26.4 Å². The molecule has 4 heterocycles. The Kier molecular flexibility index (Phi) is 7.16. The lowest BCUT2D eigenvalue weighted by Gasteiger charge is -1.87. The number of nitrogens with zero attached hydrogens (tertiary/aromatic N) is 3. The first-order valence-corrected chi connectivity index (χ1v) is 7.91. The maximum Gasteiger partial charge on any atom is 0.181 e. The third-order valence-corrected chi connectivity index (χ3v) is 3.65. The maximum atomic E-state index is 4.94. The summed E-state index contributed by atoms with van der Waals surface area (Å²) < 4.78 is 10.8. The Morgan fingerprint density at radius 2 is 1.50 bits per heavy atom. The monoisotopic (exact) mass is 390 g/mol. The topological polar surface area (TPSA) is 72.9 Å². The van der Waals surface area contributed by atoms with Crippen LogP contribution < -0.4 is 0 Å². The van der Waals surface area contributed by atoms with E-state index in [0.717, 1.165) is 41.3 Å². The molecule has 0 saturated carbocycles. The number of hydrogen-bond donors (Lipinski definition) is 1. The summed E-state index contributed by atoms with van der Waals surface area (Å²) in [6.45, 7) is 4.00. The van der Waals surface area contributed by atoms with Crippen molar-refractivity contribution in [1.82, 2.24) is 19.9 Å². The summed E-state index contributed by atoms with van der Waals surface area (Å²) in [5.74, 6) is 0. The van der Waals surface area contributed by atoms with Crippen LogP contribution in [-0.4, -0.2) is 46.4 Å². The maximum absolute atomic E-state index is 4.94. The number of aromatic nitrogens is 4. The molecule has 2 aliphatic heterocycles. The van der Waals surface area contributed by atoms with E-state index in [1.807, 2.05) is 0 Å². The van der Waals surface area contributed by atoms with Gasteiger partial charge in [0.1, 0.15) is 15.5 Å². The zero-order valence-electron chi connectivity index (χ0n) is 11.3. The molecule has 4 rings (SSSR count). The van der Waals surface area contributed by atoms with Crippen LogP contribution in [0.15, 0.2) is 12.7 Å². The van der Waals surface area contributed by atoms with Crippen LogP contribution in [-0.2, 0) is 9.47 Å². The molecule has 110 valence electrons. The van der Waals surface area contributed by atoms with E-state index < -0.39 is 0 Å². The van der Waals surface area contributed by atoms with Crippen molar-refractivity contribution in [3.8, 4) is 0 Å². The molecule has 1 N–H and O–H groups in total. The summed E-state index contributed by atoms with van der Waals surface area (Å²) in [7, 11) is 0. The van der Waals surface area contributed by atoms with Crippen molar-refractivity contribution >= 4 is 33.8 Å². The Labute approximate surface area is 131 Å². The van der Waals surface area contributed by atoms with Crippen LogP contribution in [0.4, 0.5) is 0 Å². The number of aromatic amines is 1. The molecule has 20 heavy (non-hydrogen) atoms. The molecular formula is C13H19IN4O2. The first kappa shape index (κ1) is 15.6. The van der Waals surface area contributed by atoms with Crippen molar-refractivity contribution < 1.29 is 9.47 Å². The molecule has 2 aromatic rings. The minimum absolute atomic E-state index is 0.722. The Bertz CT molecular complexity index is 473. The van der Waals surface area contributed by atoms with Gasteiger partial charge in [-0.1, -0.05) is 0 Å². The van der Waals surface area contributed by atoms with E-state index in [0.29, 0.717) is 0 Å². The first-order chi connectivity index (χ1) is 9.88. The number of imidazole rings is 1. The van der Waals surface area contributed by atoms with Gasteiger partial charge in [-0.2, -0.15) is 0 Å². The van der Waals surface area contributed by atoms with Gasteiger partial charge in [-0.25, -0.2) is 15.0 Å². The SMILES string of the molecule is C1CCOC1.C1CCOC1.Ic1ncnc2nc[nH]c12. The fourth-order valence-corrected chi connectivity index (χ4v) is 2.28. The van der Waals surface area contributed by atoms with Gasteiger partial charge in [-0.05, 0) is 48.3 Å². The van der Waals surface area contributed by atoms with Crippen molar-refractivity contribution in [3.63, 3.8) is 0 Å². The number of nitrogens with one attached hydrogen (secondary N) is 1. The molecule has 2 aromatic heterocycles. The van der Waals surface area contributed by atoms with Crippen LogP contribution in [0.2, 0.25) is 0 Å². The normalized spacial score (nSPS) is 17.2. The fourth-order valence-electron chi connectivity index (χ4n) is 1.76. The van der Waals surface area contributed by atoms with Gasteiger partial charge in [0.05, 0.1) is 6.33 Å². The molecule has 0 radical (unpaired) electrons. The van der Waals surface area contributed by atoms with Crippen LogP contribution in [0, 0.1) is 3.70 Å². The summed E-state index contributed by atoms with van der Waals surface area (Å²) in [5, 5.41) is 0. The molecule has 0 aliphatic carbocycles. The van der Waals surface area contributed by atoms with Gasteiger partial charge >= 0.3 is 0 Å². The van der Waals surface area contributed by atoms with Gasteiger partial charge in [0.2, 0.25) is 0 Å². The summed E-state index contributed by atoms with van der Waals surface area (Å²) in [6, 6.07) is 0. The molecule has 0 spiro atoms. The van der Waals surface area contributed by atoms with Crippen molar-refractivity contribution in [1.29, 1.82) is 0 Å². The predicted molar refractivity (Wildman–Crippen MR) is 84.5 cm³/mol. The lowest BCUT2D eigenvalue weighted by atomic mass is 10.4. The zero-order valence-corrected chi connectivity index (χ0v) is 13.5. The van der Waals surface area contributed by atoms with E-state index in [9.17, 15) is 0 Å². The molecule has 0 aromatic carbocycles. The molecule has 2 fully saturated rings. The molecule has 2 aliphatic rings. The highest BCUT2D eigenvalue weighted by molar-refractivity contribution is 14.1. The summed E-state index contributed by atoms with van der Waals surface area (Å²) in [5.41, 5.74) is 1.63. The van der Waals surface area contributed by atoms with Gasteiger partial charge in [-0.3, -0.25) is 0 Å². The third kappa shape index (κ3) is 5.29. The number of rotatable bonds is 0. The molecule has 0 amide bonds. The smallest absolute Gasteiger partial charge is 0.181 e. The third-order valence-electron chi connectivity index (χ3n) is 2.83. The number of hydrogen-bond acceptors (Lipinski definition) is 5. The first-order valence-electron chi connectivity index (χ1n) is 6.83. The Balaban J connectivity index is 0.000000124. The Morgan fingerprint density at radius 1 is 0.900 bits per heavy atom. The highest BCUT2D eigenvalue weighted by Crippen LogP contribution is 2.10. The molecule has 0 unspecified atom stereocenters. The number of fused-ring (bicyclic) bond motifs is 1. The second-order valence-corrected chi connectivity index (χ2v) is 5.43. The summed E-state index contributed by atoms with van der Waals surface area (Å²) in [4.78, 5) is 14.8. The summed E-state index contributed by atoms with van der Waals surface area (Å²) >= 11 is 2.13. The lowest BCUT2D eigenvalue weighted by Crippen LogP contribution is -1.84. The van der Waals surface area contributed by atoms with E-state index in [-0.39, 0.29) is 0 Å². The quantitative estimate of drug-likeness (QED) is 0.553. The van der Waals surface area contributed by atoms with Crippen molar-refractivity contribution in [2.75, 3.05) is 26.4 Å². The molecular weight excluding hydrogens is 371 g/mol. The highest BCUT2D eigenvalue weighted by atomic mass is 127. The Morgan fingerprint density at radius 3 is 1.95 bits per heavy atom. The van der Waals surface area contributed by atoms with Crippen LogP contribution >= 0.6 is 22.6 Å². The van der Waals surface area contributed by atoms with E-state index in [4.69, 9.17) is 9.47 Å². The average Bonchev–Trinajstić information content (AvgIpc) is 3.24.